The number of nitrogens with one attached hydrogen (secondary N) is 1. The van der Waals surface area contributed by atoms with E-state index in [2.05, 4.69) is 34.6 Å². The van der Waals surface area contributed by atoms with Crippen LogP contribution in [0.25, 0.3) is 0 Å². The van der Waals surface area contributed by atoms with Gasteiger partial charge in [-0.05, 0) is 25.8 Å². The van der Waals surface area contributed by atoms with E-state index < -0.39 is 0 Å². The molecule has 1 fully saturated rings. The van der Waals surface area contributed by atoms with Crippen molar-refractivity contribution in [2.45, 2.75) is 32.2 Å². The largest absolute Gasteiger partial charge is 0.347 e. The van der Waals surface area contributed by atoms with E-state index >= 15 is 0 Å². The average molecular weight is 225 g/mol. The van der Waals surface area contributed by atoms with Crippen LogP contribution in [0.4, 0.5) is 5.13 Å². The summed E-state index contributed by atoms with van der Waals surface area (Å²) in [5.74, 6) is 0. The number of piperidine rings is 1. The Bertz CT molecular complexity index is 305. The summed E-state index contributed by atoms with van der Waals surface area (Å²) in [6.07, 6.45) is 3.60. The molecule has 0 radical (unpaired) electrons. The Labute approximate surface area is 95.5 Å². The molecule has 1 aliphatic rings. The number of hydrogen-bond acceptors (Lipinski definition) is 4. The lowest BCUT2D eigenvalue weighted by atomic mass is 10.1. The first-order valence-electron chi connectivity index (χ1n) is 5.69. The Balaban J connectivity index is 2.02. The van der Waals surface area contributed by atoms with Crippen LogP contribution in [0, 0.1) is 0 Å². The zero-order chi connectivity index (χ0) is 10.7. The third-order valence-electron chi connectivity index (χ3n) is 3.02. The van der Waals surface area contributed by atoms with Gasteiger partial charge in [-0.25, -0.2) is 4.98 Å². The first-order valence-corrected chi connectivity index (χ1v) is 6.57. The number of aryl methyl sites for hydroxylation is 1. The molecule has 2 rings (SSSR count). The number of thiazole rings is 1. The van der Waals surface area contributed by atoms with Crippen molar-refractivity contribution in [3.8, 4) is 0 Å². The summed E-state index contributed by atoms with van der Waals surface area (Å²) >= 11 is 1.76. The second kappa shape index (κ2) is 4.94. The highest BCUT2D eigenvalue weighted by Crippen LogP contribution is 2.23. The van der Waals surface area contributed by atoms with Gasteiger partial charge in [0, 0.05) is 25.0 Å². The molecule has 1 aliphatic heterocycles. The standard InChI is InChI=1S/C11H19N3S/c1-3-9-8-15-11(13-9)14(2)10-5-4-6-12-7-10/h8,10,12H,3-7H2,1-2H3. The van der Waals surface area contributed by atoms with Gasteiger partial charge in [-0.1, -0.05) is 6.92 Å². The summed E-state index contributed by atoms with van der Waals surface area (Å²) in [6, 6.07) is 0.620. The first kappa shape index (κ1) is 10.9. The molecule has 0 aromatic carbocycles. The molecule has 84 valence electrons. The Morgan fingerprint density at radius 3 is 3.13 bits per heavy atom. The molecule has 1 unspecified atom stereocenters. The quantitative estimate of drug-likeness (QED) is 0.851. The Morgan fingerprint density at radius 2 is 2.53 bits per heavy atom. The Hall–Kier alpha value is -0.610. The predicted octanol–water partition coefficient (Wildman–Crippen LogP) is 1.89. The summed E-state index contributed by atoms with van der Waals surface area (Å²) in [5.41, 5.74) is 1.21. The molecule has 0 amide bonds. The molecule has 15 heavy (non-hydrogen) atoms. The molecule has 3 nitrogen and oxygen atoms in total. The lowest BCUT2D eigenvalue weighted by molar-refractivity contribution is 0.444. The van der Waals surface area contributed by atoms with Gasteiger partial charge >= 0.3 is 0 Å². The molecule has 1 saturated heterocycles. The van der Waals surface area contributed by atoms with Gasteiger partial charge in [0.15, 0.2) is 5.13 Å². The number of rotatable bonds is 3. The van der Waals surface area contributed by atoms with Crippen molar-refractivity contribution in [2.24, 2.45) is 0 Å². The Kier molecular flexibility index (Phi) is 3.59. The van der Waals surface area contributed by atoms with Crippen LogP contribution < -0.4 is 10.2 Å². The molecular formula is C11H19N3S. The Morgan fingerprint density at radius 1 is 1.67 bits per heavy atom. The van der Waals surface area contributed by atoms with Crippen molar-refractivity contribution in [1.82, 2.24) is 10.3 Å². The summed E-state index contributed by atoms with van der Waals surface area (Å²) in [4.78, 5) is 6.95. The summed E-state index contributed by atoms with van der Waals surface area (Å²) in [6.45, 7) is 4.42. The fourth-order valence-corrected chi connectivity index (χ4v) is 2.89. The molecule has 1 N–H and O–H groups in total. The minimum Gasteiger partial charge on any atom is -0.347 e. The van der Waals surface area contributed by atoms with E-state index in [-0.39, 0.29) is 0 Å². The van der Waals surface area contributed by atoms with Crippen LogP contribution in [0.1, 0.15) is 25.5 Å². The van der Waals surface area contributed by atoms with Gasteiger partial charge < -0.3 is 10.2 Å². The van der Waals surface area contributed by atoms with Gasteiger partial charge in [0.05, 0.1) is 5.69 Å². The summed E-state index contributed by atoms with van der Waals surface area (Å²) in [5, 5.41) is 6.78. The zero-order valence-electron chi connectivity index (χ0n) is 9.49. The highest BCUT2D eigenvalue weighted by molar-refractivity contribution is 7.13. The number of nitrogens with zero attached hydrogens (tertiary/aromatic N) is 2. The lowest BCUT2D eigenvalue weighted by Gasteiger charge is -2.31. The zero-order valence-corrected chi connectivity index (χ0v) is 10.3. The van der Waals surface area contributed by atoms with Crippen LogP contribution in [-0.2, 0) is 6.42 Å². The molecule has 1 atom stereocenters. The predicted molar refractivity (Wildman–Crippen MR) is 65.8 cm³/mol. The molecule has 2 heterocycles. The minimum absolute atomic E-state index is 0.620. The molecule has 0 aliphatic carbocycles. The van der Waals surface area contributed by atoms with E-state index in [1.807, 2.05) is 0 Å². The van der Waals surface area contributed by atoms with Crippen LogP contribution in [-0.4, -0.2) is 31.2 Å². The molecular weight excluding hydrogens is 206 g/mol. The van der Waals surface area contributed by atoms with Crippen molar-refractivity contribution < 1.29 is 0 Å². The van der Waals surface area contributed by atoms with Crippen LogP contribution >= 0.6 is 11.3 Å². The molecule has 0 saturated carbocycles. The van der Waals surface area contributed by atoms with E-state index in [9.17, 15) is 0 Å². The van der Waals surface area contributed by atoms with Crippen molar-refractivity contribution in [3.05, 3.63) is 11.1 Å². The molecule has 0 spiro atoms. The van der Waals surface area contributed by atoms with Crippen LogP contribution in [0.5, 0.6) is 0 Å². The molecule has 1 aromatic rings. The SMILES string of the molecule is CCc1csc(N(C)C2CCCNC2)n1. The second-order valence-electron chi connectivity index (χ2n) is 4.09. The lowest BCUT2D eigenvalue weighted by Crippen LogP contribution is -2.44. The second-order valence-corrected chi connectivity index (χ2v) is 4.92. The van der Waals surface area contributed by atoms with Gasteiger partial charge in [-0.3, -0.25) is 0 Å². The molecule has 4 heteroatoms. The summed E-state index contributed by atoms with van der Waals surface area (Å²) < 4.78 is 0. The number of anilines is 1. The maximum Gasteiger partial charge on any atom is 0.185 e. The maximum absolute atomic E-state index is 4.62. The van der Waals surface area contributed by atoms with Gasteiger partial charge in [0.25, 0.3) is 0 Å². The van der Waals surface area contributed by atoms with Crippen LogP contribution in [0.15, 0.2) is 5.38 Å². The molecule has 0 bridgehead atoms. The monoisotopic (exact) mass is 225 g/mol. The first-order chi connectivity index (χ1) is 7.31. The van der Waals surface area contributed by atoms with E-state index in [4.69, 9.17) is 0 Å². The van der Waals surface area contributed by atoms with E-state index in [1.54, 1.807) is 11.3 Å². The third kappa shape index (κ3) is 2.49. The van der Waals surface area contributed by atoms with Crippen LogP contribution in [0.3, 0.4) is 0 Å². The van der Waals surface area contributed by atoms with E-state index in [1.165, 1.54) is 30.2 Å². The normalized spacial score (nSPS) is 21.6. The average Bonchev–Trinajstić information content (AvgIpc) is 2.78. The van der Waals surface area contributed by atoms with Crippen molar-refractivity contribution >= 4 is 16.5 Å². The minimum atomic E-state index is 0.620. The fraction of sp³-hybridized carbons (Fsp3) is 0.727. The third-order valence-corrected chi connectivity index (χ3v) is 4.00. The topological polar surface area (TPSA) is 28.2 Å². The highest BCUT2D eigenvalue weighted by atomic mass is 32.1. The van der Waals surface area contributed by atoms with Gasteiger partial charge in [-0.2, -0.15) is 0 Å². The number of likely N-dealkylation sites (N-methyl/N-ethyl adjacent to an activating group) is 1. The van der Waals surface area contributed by atoms with Gasteiger partial charge in [0.1, 0.15) is 0 Å². The van der Waals surface area contributed by atoms with Gasteiger partial charge in [-0.15, -0.1) is 11.3 Å². The van der Waals surface area contributed by atoms with E-state index in [0.29, 0.717) is 6.04 Å². The van der Waals surface area contributed by atoms with Crippen molar-refractivity contribution in [2.75, 3.05) is 25.0 Å². The van der Waals surface area contributed by atoms with Crippen LogP contribution in [0.2, 0.25) is 0 Å². The number of aromatic nitrogens is 1. The highest BCUT2D eigenvalue weighted by Gasteiger charge is 2.19. The summed E-state index contributed by atoms with van der Waals surface area (Å²) in [7, 11) is 2.16. The number of hydrogen-bond donors (Lipinski definition) is 1. The maximum atomic E-state index is 4.62. The van der Waals surface area contributed by atoms with Crippen molar-refractivity contribution in [3.63, 3.8) is 0 Å². The fourth-order valence-electron chi connectivity index (χ4n) is 1.94. The van der Waals surface area contributed by atoms with E-state index in [0.717, 1.165) is 13.0 Å². The smallest absolute Gasteiger partial charge is 0.185 e. The van der Waals surface area contributed by atoms with Gasteiger partial charge in [0.2, 0.25) is 0 Å². The van der Waals surface area contributed by atoms with Crippen molar-refractivity contribution in [1.29, 1.82) is 0 Å². The molecule has 1 aromatic heterocycles.